The van der Waals surface area contributed by atoms with Crippen molar-refractivity contribution in [1.29, 1.82) is 0 Å². The van der Waals surface area contributed by atoms with Crippen molar-refractivity contribution in [1.82, 2.24) is 14.4 Å². The molecule has 1 N–H and O–H groups in total. The Morgan fingerprint density at radius 2 is 2.47 bits per heavy atom. The first kappa shape index (κ1) is 12.2. The number of fused-ring (bicyclic) bond motifs is 1. The Kier molecular flexibility index (Phi) is 3.25. The van der Waals surface area contributed by atoms with Crippen LogP contribution in [0, 0.1) is 0 Å². The van der Waals surface area contributed by atoms with Crippen LogP contribution in [0.4, 0.5) is 11.6 Å². The van der Waals surface area contributed by atoms with Crippen LogP contribution in [0.2, 0.25) is 0 Å². The zero-order chi connectivity index (χ0) is 13.2. The molecule has 0 saturated carbocycles. The van der Waals surface area contributed by atoms with Gasteiger partial charge in [-0.3, -0.25) is 0 Å². The highest BCUT2D eigenvalue weighted by Crippen LogP contribution is 2.24. The molecule has 1 aliphatic rings. The average Bonchev–Trinajstić information content (AvgIpc) is 3.08. The summed E-state index contributed by atoms with van der Waals surface area (Å²) in [5.74, 6) is 1.77. The third kappa shape index (κ3) is 2.23. The van der Waals surface area contributed by atoms with Crippen LogP contribution in [-0.4, -0.2) is 47.2 Å². The molecule has 3 rings (SSSR count). The zero-order valence-electron chi connectivity index (χ0n) is 11.3. The van der Waals surface area contributed by atoms with Gasteiger partial charge < -0.3 is 19.4 Å². The summed E-state index contributed by atoms with van der Waals surface area (Å²) in [7, 11) is 2.06. The predicted molar refractivity (Wildman–Crippen MR) is 74.8 cm³/mol. The lowest BCUT2D eigenvalue weighted by atomic mass is 10.2. The summed E-state index contributed by atoms with van der Waals surface area (Å²) in [4.78, 5) is 11.3. The van der Waals surface area contributed by atoms with E-state index in [4.69, 9.17) is 4.74 Å². The van der Waals surface area contributed by atoms with Crippen molar-refractivity contribution in [3.63, 3.8) is 0 Å². The fraction of sp³-hybridized carbons (Fsp3) is 0.538. The maximum Gasteiger partial charge on any atom is 0.180 e. The predicted octanol–water partition coefficient (Wildman–Crippen LogP) is 1.39. The number of anilines is 2. The maximum atomic E-state index is 5.46. The van der Waals surface area contributed by atoms with Gasteiger partial charge in [0.25, 0.3) is 0 Å². The average molecular weight is 261 g/mol. The normalized spacial score (nSPS) is 18.9. The molecule has 1 fully saturated rings. The van der Waals surface area contributed by atoms with Gasteiger partial charge in [0, 0.05) is 32.6 Å². The van der Waals surface area contributed by atoms with Crippen molar-refractivity contribution in [2.45, 2.75) is 19.4 Å². The molecule has 0 spiro atoms. The van der Waals surface area contributed by atoms with E-state index in [9.17, 15) is 0 Å². The van der Waals surface area contributed by atoms with E-state index in [0.717, 1.165) is 43.5 Å². The first-order chi connectivity index (χ1) is 9.29. The highest BCUT2D eigenvalue weighted by molar-refractivity contribution is 5.67. The summed E-state index contributed by atoms with van der Waals surface area (Å²) in [6, 6.07) is 0.380. The summed E-state index contributed by atoms with van der Waals surface area (Å²) in [5, 5.41) is 3.26. The Morgan fingerprint density at radius 3 is 3.21 bits per heavy atom. The molecule has 102 valence electrons. The minimum Gasteiger partial charge on any atom is -0.379 e. The molecule has 6 nitrogen and oxygen atoms in total. The fourth-order valence-corrected chi connectivity index (χ4v) is 2.42. The Balaban J connectivity index is 2.01. The summed E-state index contributed by atoms with van der Waals surface area (Å²) >= 11 is 0. The van der Waals surface area contributed by atoms with E-state index in [0.29, 0.717) is 6.04 Å². The topological polar surface area (TPSA) is 54.7 Å². The largest absolute Gasteiger partial charge is 0.379 e. The zero-order valence-corrected chi connectivity index (χ0v) is 11.3. The van der Waals surface area contributed by atoms with Crippen molar-refractivity contribution in [2.75, 3.05) is 37.0 Å². The van der Waals surface area contributed by atoms with Crippen molar-refractivity contribution in [2.24, 2.45) is 0 Å². The number of aromatic nitrogens is 3. The van der Waals surface area contributed by atoms with Crippen molar-refractivity contribution >= 4 is 17.3 Å². The fourth-order valence-electron chi connectivity index (χ4n) is 2.42. The van der Waals surface area contributed by atoms with Gasteiger partial charge in [-0.1, -0.05) is 0 Å². The molecule has 2 aromatic rings. The number of nitrogens with one attached hydrogen (secondary N) is 1. The third-order valence-electron chi connectivity index (χ3n) is 3.50. The molecule has 1 saturated heterocycles. The summed E-state index contributed by atoms with van der Waals surface area (Å²) < 4.78 is 7.47. The van der Waals surface area contributed by atoms with Gasteiger partial charge in [0.05, 0.1) is 18.8 Å². The second kappa shape index (κ2) is 5.05. The van der Waals surface area contributed by atoms with Gasteiger partial charge in [-0.2, -0.15) is 0 Å². The minimum atomic E-state index is 0.380. The summed E-state index contributed by atoms with van der Waals surface area (Å²) in [5.41, 5.74) is 0.885. The van der Waals surface area contributed by atoms with Gasteiger partial charge in [-0.25, -0.2) is 9.97 Å². The lowest BCUT2D eigenvalue weighted by Crippen LogP contribution is -2.33. The third-order valence-corrected chi connectivity index (χ3v) is 3.50. The first-order valence-corrected chi connectivity index (χ1v) is 6.67. The second-order valence-corrected chi connectivity index (χ2v) is 4.77. The van der Waals surface area contributed by atoms with Crippen LogP contribution in [0.15, 0.2) is 18.6 Å². The standard InChI is InChI=1S/C13H19N5O/c1-3-14-11-8-18-6-5-15-12(18)13(16-11)17(2)10-4-7-19-9-10/h5-6,8,10,14H,3-4,7,9H2,1-2H3. The van der Waals surface area contributed by atoms with Crippen LogP contribution < -0.4 is 10.2 Å². The Hall–Kier alpha value is -1.82. The van der Waals surface area contributed by atoms with Gasteiger partial charge >= 0.3 is 0 Å². The molecule has 0 aromatic carbocycles. The molecular weight excluding hydrogens is 242 g/mol. The van der Waals surface area contributed by atoms with E-state index in [2.05, 4.69) is 34.2 Å². The Morgan fingerprint density at radius 1 is 1.58 bits per heavy atom. The van der Waals surface area contributed by atoms with Crippen molar-refractivity contribution in [3.05, 3.63) is 18.6 Å². The molecule has 1 aliphatic heterocycles. The van der Waals surface area contributed by atoms with Gasteiger partial charge in [-0.05, 0) is 13.3 Å². The molecule has 6 heteroatoms. The molecule has 0 bridgehead atoms. The molecule has 1 atom stereocenters. The number of ether oxygens (including phenoxy) is 1. The van der Waals surface area contributed by atoms with Crippen LogP contribution in [0.5, 0.6) is 0 Å². The quantitative estimate of drug-likeness (QED) is 0.901. The molecule has 2 aromatic heterocycles. The molecular formula is C13H19N5O. The van der Waals surface area contributed by atoms with Crippen molar-refractivity contribution < 1.29 is 4.74 Å². The maximum absolute atomic E-state index is 5.46. The van der Waals surface area contributed by atoms with Gasteiger partial charge in [0.15, 0.2) is 11.5 Å². The number of hydrogen-bond donors (Lipinski definition) is 1. The number of nitrogens with zero attached hydrogens (tertiary/aromatic N) is 4. The smallest absolute Gasteiger partial charge is 0.180 e. The van der Waals surface area contributed by atoms with Crippen LogP contribution in [0.1, 0.15) is 13.3 Å². The van der Waals surface area contributed by atoms with Crippen molar-refractivity contribution in [3.8, 4) is 0 Å². The van der Waals surface area contributed by atoms with Crippen LogP contribution in [0.3, 0.4) is 0 Å². The van der Waals surface area contributed by atoms with Gasteiger partial charge in [0.1, 0.15) is 5.82 Å². The van der Waals surface area contributed by atoms with E-state index in [-0.39, 0.29) is 0 Å². The molecule has 0 radical (unpaired) electrons. The molecule has 3 heterocycles. The molecule has 1 unspecified atom stereocenters. The SMILES string of the molecule is CCNc1cn2ccnc2c(N(C)C2CCOC2)n1. The number of imidazole rings is 1. The van der Waals surface area contributed by atoms with E-state index < -0.39 is 0 Å². The van der Waals surface area contributed by atoms with Crippen LogP contribution >= 0.6 is 0 Å². The number of rotatable bonds is 4. The number of hydrogen-bond acceptors (Lipinski definition) is 5. The Labute approximate surface area is 112 Å². The molecule has 0 aliphatic carbocycles. The van der Waals surface area contributed by atoms with E-state index in [1.54, 1.807) is 6.20 Å². The van der Waals surface area contributed by atoms with E-state index in [1.165, 1.54) is 0 Å². The lowest BCUT2D eigenvalue weighted by molar-refractivity contribution is 0.193. The highest BCUT2D eigenvalue weighted by Gasteiger charge is 2.23. The van der Waals surface area contributed by atoms with Crippen LogP contribution in [0.25, 0.3) is 5.65 Å². The van der Waals surface area contributed by atoms with Crippen LogP contribution in [-0.2, 0) is 4.74 Å². The lowest BCUT2D eigenvalue weighted by Gasteiger charge is -2.25. The number of likely N-dealkylation sites (N-methyl/N-ethyl adjacent to an activating group) is 1. The molecule has 0 amide bonds. The van der Waals surface area contributed by atoms with E-state index in [1.807, 2.05) is 16.8 Å². The molecule has 19 heavy (non-hydrogen) atoms. The Bertz CT molecular complexity index is 561. The monoisotopic (exact) mass is 261 g/mol. The summed E-state index contributed by atoms with van der Waals surface area (Å²) in [6.45, 7) is 4.50. The van der Waals surface area contributed by atoms with E-state index >= 15 is 0 Å². The minimum absolute atomic E-state index is 0.380. The second-order valence-electron chi connectivity index (χ2n) is 4.77. The summed E-state index contributed by atoms with van der Waals surface area (Å²) in [6.07, 6.45) is 6.75. The highest BCUT2D eigenvalue weighted by atomic mass is 16.5. The van der Waals surface area contributed by atoms with Gasteiger partial charge in [0.2, 0.25) is 0 Å². The van der Waals surface area contributed by atoms with Gasteiger partial charge in [-0.15, -0.1) is 0 Å². The first-order valence-electron chi connectivity index (χ1n) is 6.67.